The zero-order valence-electron chi connectivity index (χ0n) is 15.7. The van der Waals surface area contributed by atoms with E-state index >= 15 is 0 Å². The predicted molar refractivity (Wildman–Crippen MR) is 112 cm³/mol. The first kappa shape index (κ1) is 18.2. The lowest BCUT2D eigenvalue weighted by molar-refractivity contribution is 0.0950. The molecule has 4 heterocycles. The van der Waals surface area contributed by atoms with Gasteiger partial charge in [0.15, 0.2) is 0 Å². The quantitative estimate of drug-likeness (QED) is 0.532. The molecule has 0 bridgehead atoms. The van der Waals surface area contributed by atoms with Crippen LogP contribution < -0.4 is 10.6 Å². The molecule has 5 rings (SSSR count). The first-order valence-corrected chi connectivity index (χ1v) is 10.6. The van der Waals surface area contributed by atoms with Crippen LogP contribution >= 0.6 is 0 Å². The third kappa shape index (κ3) is 2.79. The fourth-order valence-electron chi connectivity index (χ4n) is 3.52. The minimum absolute atomic E-state index is 0.0805. The predicted octanol–water partition coefficient (Wildman–Crippen LogP) is 2.70. The van der Waals surface area contributed by atoms with Crippen LogP contribution in [0.4, 0.5) is 5.69 Å². The molecule has 0 spiro atoms. The minimum atomic E-state index is -3.79. The van der Waals surface area contributed by atoms with E-state index in [4.69, 9.17) is 0 Å². The number of hydrogen-bond donors (Lipinski definition) is 2. The Morgan fingerprint density at radius 1 is 1.13 bits per heavy atom. The molecule has 1 amide bonds. The molecule has 1 aliphatic rings. The van der Waals surface area contributed by atoms with Crippen LogP contribution in [0.3, 0.4) is 0 Å². The lowest BCUT2D eigenvalue weighted by Crippen LogP contribution is -2.23. The van der Waals surface area contributed by atoms with Crippen molar-refractivity contribution in [1.82, 2.24) is 18.7 Å². The Labute approximate surface area is 172 Å². The number of nitrogens with zero attached hydrogens (tertiary/aromatic N) is 3. The van der Waals surface area contributed by atoms with Gasteiger partial charge in [0.2, 0.25) is 0 Å². The summed E-state index contributed by atoms with van der Waals surface area (Å²) in [5, 5.41) is 5.88. The van der Waals surface area contributed by atoms with Crippen LogP contribution in [0.2, 0.25) is 0 Å². The molecular weight excluding hydrogens is 402 g/mol. The van der Waals surface area contributed by atoms with Gasteiger partial charge in [0.05, 0.1) is 35.5 Å². The molecule has 8 nitrogen and oxygen atoms in total. The summed E-state index contributed by atoms with van der Waals surface area (Å²) in [6, 6.07) is 13.4. The van der Waals surface area contributed by atoms with E-state index in [9.17, 15) is 13.2 Å². The van der Waals surface area contributed by atoms with Gasteiger partial charge in [-0.1, -0.05) is 12.6 Å². The van der Waals surface area contributed by atoms with E-state index in [0.29, 0.717) is 22.6 Å². The van der Waals surface area contributed by atoms with Crippen LogP contribution in [0.5, 0.6) is 0 Å². The Morgan fingerprint density at radius 2 is 2.00 bits per heavy atom. The van der Waals surface area contributed by atoms with Gasteiger partial charge in [0.1, 0.15) is 10.5 Å². The van der Waals surface area contributed by atoms with Gasteiger partial charge in [-0.15, -0.1) is 0 Å². The summed E-state index contributed by atoms with van der Waals surface area (Å²) in [6.45, 7) is 4.20. The Balaban J connectivity index is 1.43. The van der Waals surface area contributed by atoms with Crippen LogP contribution in [0.1, 0.15) is 21.7 Å². The number of hydrogen-bond acceptors (Lipinski definition) is 5. The molecular formula is C21H17N5O3S. The number of fused-ring (bicyclic) bond motifs is 3. The second kappa shape index (κ2) is 6.60. The Bertz CT molecular complexity index is 1430. The van der Waals surface area contributed by atoms with Crippen LogP contribution in [-0.2, 0) is 16.6 Å². The monoisotopic (exact) mass is 419 g/mol. The van der Waals surface area contributed by atoms with Crippen LogP contribution in [-0.4, -0.2) is 27.7 Å². The van der Waals surface area contributed by atoms with Gasteiger partial charge < -0.3 is 15.0 Å². The maximum absolute atomic E-state index is 13.0. The number of rotatable bonds is 3. The summed E-state index contributed by atoms with van der Waals surface area (Å²) in [4.78, 5) is 17.1. The first-order valence-electron chi connectivity index (χ1n) is 9.17. The molecule has 1 aromatic carbocycles. The van der Waals surface area contributed by atoms with Gasteiger partial charge in [-0.25, -0.2) is 17.4 Å². The van der Waals surface area contributed by atoms with Crippen molar-refractivity contribution in [2.45, 2.75) is 11.4 Å². The number of benzene rings is 1. The molecule has 150 valence electrons. The number of nitrogens with one attached hydrogen (secondary N) is 2. The average molecular weight is 419 g/mol. The number of amides is 1. The van der Waals surface area contributed by atoms with Crippen molar-refractivity contribution in [2.24, 2.45) is 0 Å². The summed E-state index contributed by atoms with van der Waals surface area (Å²) in [6.07, 6.45) is 5.06. The van der Waals surface area contributed by atoms with Crippen LogP contribution in [0, 0.1) is 0 Å². The molecule has 2 N–H and O–H groups in total. The maximum atomic E-state index is 13.0. The third-order valence-corrected chi connectivity index (χ3v) is 6.76. The normalized spacial score (nSPS) is 14.5. The van der Waals surface area contributed by atoms with Gasteiger partial charge in [-0.2, -0.15) is 0 Å². The largest absolute Gasteiger partial charge is 0.353 e. The molecule has 0 unspecified atom stereocenters. The molecule has 4 aromatic rings. The van der Waals surface area contributed by atoms with Crippen molar-refractivity contribution < 1.29 is 13.2 Å². The van der Waals surface area contributed by atoms with E-state index < -0.39 is 10.0 Å². The van der Waals surface area contributed by atoms with Gasteiger partial charge in [-0.3, -0.25) is 4.79 Å². The molecule has 0 atom stereocenters. The van der Waals surface area contributed by atoms with E-state index in [1.54, 1.807) is 18.3 Å². The van der Waals surface area contributed by atoms with E-state index in [1.165, 1.54) is 28.4 Å². The number of pyridine rings is 1. The number of aromatic nitrogens is 3. The highest BCUT2D eigenvalue weighted by atomic mass is 32.2. The summed E-state index contributed by atoms with van der Waals surface area (Å²) in [7, 11) is -3.79. The molecule has 30 heavy (non-hydrogen) atoms. The van der Waals surface area contributed by atoms with Crippen molar-refractivity contribution in [3.8, 4) is 0 Å². The van der Waals surface area contributed by atoms with Crippen molar-refractivity contribution in [3.05, 3.63) is 90.7 Å². The highest BCUT2D eigenvalue weighted by Gasteiger charge is 2.28. The Morgan fingerprint density at radius 3 is 2.87 bits per heavy atom. The Hall–Kier alpha value is -3.85. The molecule has 1 aliphatic heterocycles. The highest BCUT2D eigenvalue weighted by Crippen LogP contribution is 2.33. The van der Waals surface area contributed by atoms with Crippen LogP contribution in [0.15, 0.2) is 78.6 Å². The van der Waals surface area contributed by atoms with Crippen molar-refractivity contribution >= 4 is 33.0 Å². The standard InChI is InChI=1S/C21H17N5O3S/c1-14-18-5-4-10-26(18)30(28,29)19-8-7-15(11-17(19)24-14)21(27)23-13-16-12-22-20-6-2-3-9-25(16)20/h2-12,24H,1,13H2,(H,23,27). The maximum Gasteiger partial charge on any atom is 0.270 e. The molecule has 0 aliphatic carbocycles. The summed E-state index contributed by atoms with van der Waals surface area (Å²) < 4.78 is 29.0. The third-order valence-electron chi connectivity index (χ3n) is 5.01. The molecule has 3 aromatic heterocycles. The van der Waals surface area contributed by atoms with Crippen molar-refractivity contribution in [2.75, 3.05) is 5.32 Å². The lowest BCUT2D eigenvalue weighted by atomic mass is 10.1. The molecule has 0 saturated carbocycles. The molecule has 0 saturated heterocycles. The molecule has 0 radical (unpaired) electrons. The first-order chi connectivity index (χ1) is 14.4. The Kier molecular flexibility index (Phi) is 4.00. The second-order valence-corrected chi connectivity index (χ2v) is 8.65. The van der Waals surface area contributed by atoms with Gasteiger partial charge in [0.25, 0.3) is 15.9 Å². The second-order valence-electron chi connectivity index (χ2n) is 6.87. The zero-order chi connectivity index (χ0) is 20.9. The molecule has 9 heteroatoms. The highest BCUT2D eigenvalue weighted by molar-refractivity contribution is 7.90. The summed E-state index contributed by atoms with van der Waals surface area (Å²) >= 11 is 0. The van der Waals surface area contributed by atoms with Gasteiger partial charge in [0, 0.05) is 18.0 Å². The average Bonchev–Trinajstić information content (AvgIpc) is 3.38. The van der Waals surface area contributed by atoms with E-state index in [2.05, 4.69) is 22.2 Å². The van der Waals surface area contributed by atoms with Crippen molar-refractivity contribution in [1.29, 1.82) is 0 Å². The lowest BCUT2D eigenvalue weighted by Gasteiger charge is -2.11. The number of imidazole rings is 1. The fraction of sp³-hybridized carbons (Fsp3) is 0.0476. The molecule has 0 fully saturated rings. The number of anilines is 1. The number of carbonyl (C=O) groups is 1. The topological polar surface area (TPSA) is 97.5 Å². The smallest absolute Gasteiger partial charge is 0.270 e. The SMILES string of the molecule is C=C1Nc2cc(C(=O)NCc3cnc4ccccn34)ccc2S(=O)(=O)n2cccc21. The zero-order valence-corrected chi connectivity index (χ0v) is 16.6. The van der Waals surface area contributed by atoms with E-state index in [1.807, 2.05) is 28.8 Å². The number of carbonyl (C=O) groups excluding carboxylic acids is 1. The van der Waals surface area contributed by atoms with Gasteiger partial charge >= 0.3 is 0 Å². The van der Waals surface area contributed by atoms with Gasteiger partial charge in [-0.05, 0) is 42.5 Å². The van der Waals surface area contributed by atoms with E-state index in [-0.39, 0.29) is 17.3 Å². The minimum Gasteiger partial charge on any atom is -0.353 e. The summed E-state index contributed by atoms with van der Waals surface area (Å²) in [5.41, 5.74) is 3.16. The van der Waals surface area contributed by atoms with E-state index in [0.717, 1.165) is 11.3 Å². The summed E-state index contributed by atoms with van der Waals surface area (Å²) in [5.74, 6) is -0.322. The fourth-order valence-corrected chi connectivity index (χ4v) is 5.02. The van der Waals surface area contributed by atoms with Crippen LogP contribution in [0.25, 0.3) is 11.3 Å². The van der Waals surface area contributed by atoms with Crippen molar-refractivity contribution in [3.63, 3.8) is 0 Å².